The molecule has 0 radical (unpaired) electrons. The molecule has 130 valence electrons. The molecule has 2 aromatic carbocycles. The van der Waals surface area contributed by atoms with E-state index in [1.54, 1.807) is 37.5 Å². The number of aryl methyl sites for hydroxylation is 1. The van der Waals surface area contributed by atoms with Crippen molar-refractivity contribution in [3.05, 3.63) is 64.7 Å². The number of carbonyl (C=O) groups excluding carboxylic acids is 2. The van der Waals surface area contributed by atoms with E-state index in [0.29, 0.717) is 16.5 Å². The van der Waals surface area contributed by atoms with Gasteiger partial charge in [-0.15, -0.1) is 0 Å². The molecule has 2 rings (SSSR count). The van der Waals surface area contributed by atoms with E-state index in [9.17, 15) is 9.59 Å². The molecule has 0 aliphatic carbocycles. The maximum atomic E-state index is 11.8. The number of rotatable bonds is 6. The van der Waals surface area contributed by atoms with E-state index in [4.69, 9.17) is 21.1 Å². The molecule has 0 saturated carbocycles. The molecule has 25 heavy (non-hydrogen) atoms. The maximum absolute atomic E-state index is 11.8. The molecule has 0 aliphatic heterocycles. The summed E-state index contributed by atoms with van der Waals surface area (Å²) in [7, 11) is 1.55. The van der Waals surface area contributed by atoms with Gasteiger partial charge in [-0.25, -0.2) is 4.79 Å². The zero-order valence-corrected chi connectivity index (χ0v) is 14.7. The van der Waals surface area contributed by atoms with Gasteiger partial charge in [0.1, 0.15) is 5.75 Å². The lowest BCUT2D eigenvalue weighted by Gasteiger charge is -2.08. The fourth-order valence-electron chi connectivity index (χ4n) is 2.05. The number of ether oxygens (including phenoxy) is 2. The zero-order valence-electron chi connectivity index (χ0n) is 13.9. The first kappa shape index (κ1) is 18.5. The predicted octanol–water partition coefficient (Wildman–Crippen LogP) is 3.85. The van der Waals surface area contributed by atoms with Gasteiger partial charge in [0.25, 0.3) is 5.91 Å². The third-order valence-corrected chi connectivity index (χ3v) is 3.59. The van der Waals surface area contributed by atoms with Gasteiger partial charge in [-0.2, -0.15) is 0 Å². The van der Waals surface area contributed by atoms with Gasteiger partial charge >= 0.3 is 5.97 Å². The summed E-state index contributed by atoms with van der Waals surface area (Å²) in [6, 6.07) is 12.5. The SMILES string of the molecule is COc1ccccc1/C=C/C(=O)OCC(=O)Nc1ccc(C)cc1Cl. The Bertz CT molecular complexity index is 802. The first-order chi connectivity index (χ1) is 12.0. The monoisotopic (exact) mass is 359 g/mol. The fourth-order valence-corrected chi connectivity index (χ4v) is 2.34. The molecule has 0 unspecified atom stereocenters. The van der Waals surface area contributed by atoms with Gasteiger partial charge in [0, 0.05) is 11.6 Å². The van der Waals surface area contributed by atoms with Crippen molar-refractivity contribution < 1.29 is 19.1 Å². The number of anilines is 1. The minimum Gasteiger partial charge on any atom is -0.496 e. The summed E-state index contributed by atoms with van der Waals surface area (Å²) < 4.78 is 10.1. The number of para-hydroxylation sites is 1. The Morgan fingerprint density at radius 3 is 2.68 bits per heavy atom. The molecular weight excluding hydrogens is 342 g/mol. The first-order valence-electron chi connectivity index (χ1n) is 7.53. The Morgan fingerprint density at radius 1 is 1.20 bits per heavy atom. The minimum atomic E-state index is -0.629. The molecule has 2 aromatic rings. The Labute approximate surface area is 151 Å². The second kappa shape index (κ2) is 8.89. The molecule has 1 N–H and O–H groups in total. The van der Waals surface area contributed by atoms with E-state index in [0.717, 1.165) is 11.1 Å². The van der Waals surface area contributed by atoms with Crippen molar-refractivity contribution in [1.29, 1.82) is 0 Å². The van der Waals surface area contributed by atoms with Crippen LogP contribution in [0, 0.1) is 6.92 Å². The summed E-state index contributed by atoms with van der Waals surface area (Å²) in [6.45, 7) is 1.49. The summed E-state index contributed by atoms with van der Waals surface area (Å²) in [6.07, 6.45) is 2.81. The average Bonchev–Trinajstić information content (AvgIpc) is 2.60. The van der Waals surface area contributed by atoms with Gasteiger partial charge in [0.15, 0.2) is 6.61 Å². The number of amides is 1. The minimum absolute atomic E-state index is 0.403. The number of nitrogens with one attached hydrogen (secondary N) is 1. The molecule has 5 nitrogen and oxygen atoms in total. The van der Waals surface area contributed by atoms with Crippen molar-refractivity contribution in [2.45, 2.75) is 6.92 Å². The van der Waals surface area contributed by atoms with Crippen LogP contribution in [0.25, 0.3) is 6.08 Å². The molecule has 0 aliphatic rings. The zero-order chi connectivity index (χ0) is 18.2. The smallest absolute Gasteiger partial charge is 0.331 e. The molecule has 0 aromatic heterocycles. The summed E-state index contributed by atoms with van der Waals surface area (Å²) in [5, 5.41) is 3.02. The van der Waals surface area contributed by atoms with Gasteiger partial charge in [-0.05, 0) is 36.8 Å². The van der Waals surface area contributed by atoms with Crippen molar-refractivity contribution in [3.8, 4) is 5.75 Å². The number of carbonyl (C=O) groups is 2. The van der Waals surface area contributed by atoms with Crippen molar-refractivity contribution in [2.75, 3.05) is 19.0 Å². The number of esters is 1. The van der Waals surface area contributed by atoms with Gasteiger partial charge in [-0.3, -0.25) is 4.79 Å². The second-order valence-electron chi connectivity index (χ2n) is 5.21. The number of halogens is 1. The standard InChI is InChI=1S/C19H18ClNO4/c1-13-7-9-16(15(20)11-13)21-18(22)12-25-19(23)10-8-14-5-3-4-6-17(14)24-2/h3-11H,12H2,1-2H3,(H,21,22)/b10-8+. The van der Waals surface area contributed by atoms with Crippen LogP contribution >= 0.6 is 11.6 Å². The van der Waals surface area contributed by atoms with Crippen LogP contribution < -0.4 is 10.1 Å². The normalized spacial score (nSPS) is 10.5. The average molecular weight is 360 g/mol. The van der Waals surface area contributed by atoms with Crippen LogP contribution in [0.15, 0.2) is 48.5 Å². The molecule has 0 bridgehead atoms. The van der Waals surface area contributed by atoms with Crippen LogP contribution in [0.4, 0.5) is 5.69 Å². The van der Waals surface area contributed by atoms with E-state index >= 15 is 0 Å². The maximum Gasteiger partial charge on any atom is 0.331 e. The van der Waals surface area contributed by atoms with E-state index in [1.165, 1.54) is 6.08 Å². The molecule has 6 heteroatoms. The van der Waals surface area contributed by atoms with Crippen LogP contribution in [0.3, 0.4) is 0 Å². The van der Waals surface area contributed by atoms with Crippen LogP contribution in [-0.4, -0.2) is 25.6 Å². The van der Waals surface area contributed by atoms with Gasteiger partial charge < -0.3 is 14.8 Å². The number of benzene rings is 2. The summed E-state index contributed by atoms with van der Waals surface area (Å²) in [4.78, 5) is 23.6. The van der Waals surface area contributed by atoms with Crippen molar-refractivity contribution >= 4 is 35.2 Å². The summed E-state index contributed by atoms with van der Waals surface area (Å²) >= 11 is 6.04. The highest BCUT2D eigenvalue weighted by Gasteiger charge is 2.08. The molecule has 0 saturated heterocycles. The Morgan fingerprint density at radius 2 is 1.96 bits per heavy atom. The fraction of sp³-hybridized carbons (Fsp3) is 0.158. The molecule has 1 amide bonds. The van der Waals surface area contributed by atoms with Crippen LogP contribution in [-0.2, 0) is 14.3 Å². The second-order valence-corrected chi connectivity index (χ2v) is 5.62. The van der Waals surface area contributed by atoms with E-state index in [2.05, 4.69) is 5.32 Å². The molecule has 0 heterocycles. The highest BCUT2D eigenvalue weighted by atomic mass is 35.5. The molecule has 0 fully saturated rings. The number of hydrogen-bond acceptors (Lipinski definition) is 4. The van der Waals surface area contributed by atoms with E-state index in [-0.39, 0.29) is 0 Å². The lowest BCUT2D eigenvalue weighted by Crippen LogP contribution is -2.20. The third kappa shape index (κ3) is 5.65. The van der Waals surface area contributed by atoms with Crippen LogP contribution in [0.5, 0.6) is 5.75 Å². The van der Waals surface area contributed by atoms with E-state index < -0.39 is 18.5 Å². The molecule has 0 spiro atoms. The highest BCUT2D eigenvalue weighted by Crippen LogP contribution is 2.22. The van der Waals surface area contributed by atoms with Gasteiger partial charge in [0.05, 0.1) is 17.8 Å². The quantitative estimate of drug-likeness (QED) is 0.628. The highest BCUT2D eigenvalue weighted by molar-refractivity contribution is 6.33. The lowest BCUT2D eigenvalue weighted by atomic mass is 10.2. The van der Waals surface area contributed by atoms with Crippen LogP contribution in [0.1, 0.15) is 11.1 Å². The number of hydrogen-bond donors (Lipinski definition) is 1. The topological polar surface area (TPSA) is 64.6 Å². The predicted molar refractivity (Wildman–Crippen MR) is 97.8 cm³/mol. The van der Waals surface area contributed by atoms with Crippen molar-refractivity contribution in [1.82, 2.24) is 0 Å². The van der Waals surface area contributed by atoms with Crippen molar-refractivity contribution in [3.63, 3.8) is 0 Å². The Hall–Kier alpha value is -2.79. The summed E-state index contributed by atoms with van der Waals surface area (Å²) in [5.41, 5.74) is 2.19. The summed E-state index contributed by atoms with van der Waals surface area (Å²) in [5.74, 6) is -0.459. The molecular formula is C19H18ClNO4. The first-order valence-corrected chi connectivity index (χ1v) is 7.91. The van der Waals surface area contributed by atoms with Crippen LogP contribution in [0.2, 0.25) is 5.02 Å². The van der Waals surface area contributed by atoms with E-state index in [1.807, 2.05) is 25.1 Å². The third-order valence-electron chi connectivity index (χ3n) is 3.28. The Kier molecular flexibility index (Phi) is 6.60. The van der Waals surface area contributed by atoms with Crippen molar-refractivity contribution in [2.24, 2.45) is 0 Å². The molecule has 0 atom stereocenters. The Balaban J connectivity index is 1.87. The van der Waals surface area contributed by atoms with Gasteiger partial charge in [-0.1, -0.05) is 35.9 Å². The lowest BCUT2D eigenvalue weighted by molar-refractivity contribution is -0.142. The van der Waals surface area contributed by atoms with Gasteiger partial charge in [0.2, 0.25) is 0 Å². The number of methoxy groups -OCH3 is 1. The largest absolute Gasteiger partial charge is 0.496 e.